The van der Waals surface area contributed by atoms with Gasteiger partial charge in [0.2, 0.25) is 0 Å². The van der Waals surface area contributed by atoms with E-state index in [0.29, 0.717) is 23.7 Å². The monoisotopic (exact) mass is 227 g/mol. The molecule has 0 atom stereocenters. The van der Waals surface area contributed by atoms with E-state index in [1.54, 1.807) is 4.68 Å². The highest BCUT2D eigenvalue weighted by Crippen LogP contribution is 2.23. The van der Waals surface area contributed by atoms with Gasteiger partial charge in [-0.25, -0.2) is 4.68 Å². The van der Waals surface area contributed by atoms with Gasteiger partial charge in [-0.15, -0.1) is 0 Å². The molecule has 0 aliphatic carbocycles. The van der Waals surface area contributed by atoms with E-state index in [1.165, 1.54) is 0 Å². The smallest absolute Gasteiger partial charge is 0.172 e. The van der Waals surface area contributed by atoms with E-state index in [2.05, 4.69) is 16.5 Å². The van der Waals surface area contributed by atoms with E-state index >= 15 is 0 Å². The SMILES string of the molecule is CCn1nc(Nc2ccccc2)c(C#N)c1N. The third-order valence-electron chi connectivity index (χ3n) is 2.44. The van der Waals surface area contributed by atoms with Gasteiger partial charge in [-0.1, -0.05) is 18.2 Å². The molecule has 0 aliphatic rings. The predicted molar refractivity (Wildman–Crippen MR) is 66.8 cm³/mol. The molecule has 0 unspecified atom stereocenters. The van der Waals surface area contributed by atoms with Gasteiger partial charge in [-0.2, -0.15) is 10.4 Å². The Morgan fingerprint density at radius 1 is 1.41 bits per heavy atom. The lowest BCUT2D eigenvalue weighted by molar-refractivity contribution is 0.672. The van der Waals surface area contributed by atoms with E-state index in [0.717, 1.165) is 5.69 Å². The Bertz CT molecular complexity index is 550. The van der Waals surface area contributed by atoms with Gasteiger partial charge in [0.05, 0.1) is 0 Å². The molecule has 86 valence electrons. The Hall–Kier alpha value is -2.48. The van der Waals surface area contributed by atoms with Gasteiger partial charge in [0.25, 0.3) is 0 Å². The Kier molecular flexibility index (Phi) is 2.97. The number of nitrogens with zero attached hydrogens (tertiary/aromatic N) is 3. The number of anilines is 3. The average Bonchev–Trinajstić information content (AvgIpc) is 2.66. The van der Waals surface area contributed by atoms with Crippen LogP contribution in [0, 0.1) is 11.3 Å². The fraction of sp³-hybridized carbons (Fsp3) is 0.167. The number of hydrogen-bond acceptors (Lipinski definition) is 4. The first kappa shape index (κ1) is 11.0. The second-order valence-electron chi connectivity index (χ2n) is 3.53. The zero-order valence-electron chi connectivity index (χ0n) is 9.51. The van der Waals surface area contributed by atoms with Crippen molar-refractivity contribution >= 4 is 17.3 Å². The van der Waals surface area contributed by atoms with Crippen LogP contribution in [-0.2, 0) is 6.54 Å². The summed E-state index contributed by atoms with van der Waals surface area (Å²) in [5.74, 6) is 0.895. The summed E-state index contributed by atoms with van der Waals surface area (Å²) < 4.78 is 1.60. The second kappa shape index (κ2) is 4.58. The summed E-state index contributed by atoms with van der Waals surface area (Å²) >= 11 is 0. The lowest BCUT2D eigenvalue weighted by atomic mass is 10.3. The van der Waals surface area contributed by atoms with E-state index in [1.807, 2.05) is 37.3 Å². The Morgan fingerprint density at radius 3 is 2.71 bits per heavy atom. The standard InChI is InChI=1S/C12H13N5/c1-2-17-11(14)10(8-13)12(16-17)15-9-6-4-3-5-7-9/h3-7H,2,14H2,1H3,(H,15,16). The molecular formula is C12H13N5. The van der Waals surface area contributed by atoms with Gasteiger partial charge in [0.1, 0.15) is 17.5 Å². The first-order valence-corrected chi connectivity index (χ1v) is 5.34. The normalized spacial score (nSPS) is 9.88. The largest absolute Gasteiger partial charge is 0.383 e. The maximum Gasteiger partial charge on any atom is 0.172 e. The summed E-state index contributed by atoms with van der Waals surface area (Å²) in [4.78, 5) is 0. The minimum absolute atomic E-state index is 0.385. The van der Waals surface area contributed by atoms with Crippen LogP contribution in [0.5, 0.6) is 0 Å². The number of benzene rings is 1. The van der Waals surface area contributed by atoms with E-state index in [9.17, 15) is 0 Å². The third kappa shape index (κ3) is 2.06. The summed E-state index contributed by atoms with van der Waals surface area (Å²) in [7, 11) is 0. The average molecular weight is 227 g/mol. The fourth-order valence-electron chi connectivity index (χ4n) is 1.57. The molecular weight excluding hydrogens is 214 g/mol. The predicted octanol–water partition coefficient (Wildman–Crippen LogP) is 2.10. The Labute approximate surface area is 99.5 Å². The molecule has 0 radical (unpaired) electrons. The number of hydrogen-bond donors (Lipinski definition) is 2. The van der Waals surface area contributed by atoms with Crippen LogP contribution in [0.1, 0.15) is 12.5 Å². The van der Waals surface area contributed by atoms with Gasteiger partial charge in [0.15, 0.2) is 5.82 Å². The highest BCUT2D eigenvalue weighted by atomic mass is 15.3. The van der Waals surface area contributed by atoms with Crippen LogP contribution in [0.2, 0.25) is 0 Å². The highest BCUT2D eigenvalue weighted by Gasteiger charge is 2.14. The van der Waals surface area contributed by atoms with Crippen molar-refractivity contribution in [2.45, 2.75) is 13.5 Å². The Morgan fingerprint density at radius 2 is 2.12 bits per heavy atom. The molecule has 0 saturated carbocycles. The number of aromatic nitrogens is 2. The molecule has 0 bridgehead atoms. The minimum atomic E-state index is 0.385. The third-order valence-corrected chi connectivity index (χ3v) is 2.44. The number of nitriles is 1. The number of rotatable bonds is 3. The molecule has 1 aromatic carbocycles. The molecule has 5 nitrogen and oxygen atoms in total. The fourth-order valence-corrected chi connectivity index (χ4v) is 1.57. The molecule has 2 rings (SSSR count). The molecule has 1 aromatic heterocycles. The molecule has 2 aromatic rings. The van der Waals surface area contributed by atoms with Gasteiger partial charge in [-0.3, -0.25) is 0 Å². The van der Waals surface area contributed by atoms with Gasteiger partial charge in [0, 0.05) is 12.2 Å². The van der Waals surface area contributed by atoms with Crippen LogP contribution in [-0.4, -0.2) is 9.78 Å². The molecule has 0 fully saturated rings. The van der Waals surface area contributed by atoms with Gasteiger partial charge in [-0.05, 0) is 19.1 Å². The van der Waals surface area contributed by atoms with Crippen LogP contribution in [0.4, 0.5) is 17.3 Å². The van der Waals surface area contributed by atoms with Crippen molar-refractivity contribution in [1.82, 2.24) is 9.78 Å². The molecule has 0 spiro atoms. The van der Waals surface area contributed by atoms with Gasteiger partial charge >= 0.3 is 0 Å². The molecule has 1 heterocycles. The van der Waals surface area contributed by atoms with Crippen molar-refractivity contribution < 1.29 is 0 Å². The van der Waals surface area contributed by atoms with Crippen LogP contribution >= 0.6 is 0 Å². The summed E-state index contributed by atoms with van der Waals surface area (Å²) in [6.45, 7) is 2.56. The van der Waals surface area contributed by atoms with Crippen LogP contribution < -0.4 is 11.1 Å². The van der Waals surface area contributed by atoms with Crippen LogP contribution in [0.15, 0.2) is 30.3 Å². The number of para-hydroxylation sites is 1. The molecule has 5 heteroatoms. The topological polar surface area (TPSA) is 79.7 Å². The number of nitrogens with one attached hydrogen (secondary N) is 1. The quantitative estimate of drug-likeness (QED) is 0.841. The van der Waals surface area contributed by atoms with Crippen LogP contribution in [0.3, 0.4) is 0 Å². The first-order valence-electron chi connectivity index (χ1n) is 5.34. The second-order valence-corrected chi connectivity index (χ2v) is 3.53. The Balaban J connectivity index is 2.37. The number of nitrogen functional groups attached to an aromatic ring is 1. The van der Waals surface area contributed by atoms with Gasteiger partial charge < -0.3 is 11.1 Å². The summed E-state index contributed by atoms with van der Waals surface area (Å²) in [6.07, 6.45) is 0. The van der Waals surface area contributed by atoms with E-state index < -0.39 is 0 Å². The number of nitrogens with two attached hydrogens (primary N) is 1. The van der Waals surface area contributed by atoms with Crippen molar-refractivity contribution in [2.75, 3.05) is 11.1 Å². The summed E-state index contributed by atoms with van der Waals surface area (Å²) in [6, 6.07) is 11.6. The zero-order valence-corrected chi connectivity index (χ0v) is 9.51. The van der Waals surface area contributed by atoms with E-state index in [4.69, 9.17) is 11.0 Å². The molecule has 0 aliphatic heterocycles. The summed E-state index contributed by atoms with van der Waals surface area (Å²) in [5.41, 5.74) is 7.08. The van der Waals surface area contributed by atoms with Crippen molar-refractivity contribution in [3.8, 4) is 6.07 Å². The molecule has 3 N–H and O–H groups in total. The van der Waals surface area contributed by atoms with Crippen molar-refractivity contribution in [3.63, 3.8) is 0 Å². The van der Waals surface area contributed by atoms with E-state index in [-0.39, 0.29) is 0 Å². The molecule has 0 saturated heterocycles. The zero-order chi connectivity index (χ0) is 12.3. The lowest BCUT2D eigenvalue weighted by Crippen LogP contribution is -2.02. The molecule has 17 heavy (non-hydrogen) atoms. The summed E-state index contributed by atoms with van der Waals surface area (Å²) in [5, 5.41) is 16.4. The molecule has 0 amide bonds. The van der Waals surface area contributed by atoms with Crippen molar-refractivity contribution in [1.29, 1.82) is 5.26 Å². The van der Waals surface area contributed by atoms with Crippen molar-refractivity contribution in [3.05, 3.63) is 35.9 Å². The maximum absolute atomic E-state index is 9.06. The minimum Gasteiger partial charge on any atom is -0.383 e. The maximum atomic E-state index is 9.06. The lowest BCUT2D eigenvalue weighted by Gasteiger charge is -2.01. The van der Waals surface area contributed by atoms with Crippen LogP contribution in [0.25, 0.3) is 0 Å². The first-order chi connectivity index (χ1) is 8.26. The highest BCUT2D eigenvalue weighted by molar-refractivity contribution is 5.69. The van der Waals surface area contributed by atoms with Crippen molar-refractivity contribution in [2.24, 2.45) is 0 Å². The number of aryl methyl sites for hydroxylation is 1.